The van der Waals surface area contributed by atoms with Crippen LogP contribution in [-0.2, 0) is 0 Å². The van der Waals surface area contributed by atoms with Crippen molar-refractivity contribution in [2.45, 2.75) is 26.8 Å². The van der Waals surface area contributed by atoms with Crippen molar-refractivity contribution < 1.29 is 9.21 Å². The van der Waals surface area contributed by atoms with Crippen LogP contribution in [0, 0.1) is 13.8 Å². The Morgan fingerprint density at radius 1 is 1.56 bits per heavy atom. The molecule has 1 aromatic rings. The molecule has 0 spiro atoms. The van der Waals surface area contributed by atoms with Gasteiger partial charge >= 0.3 is 0 Å². The van der Waals surface area contributed by atoms with E-state index in [9.17, 15) is 4.79 Å². The van der Waals surface area contributed by atoms with E-state index in [0.717, 1.165) is 19.6 Å². The zero-order valence-corrected chi connectivity index (χ0v) is 9.91. The molecule has 16 heavy (non-hydrogen) atoms. The number of aromatic nitrogens is 1. The van der Waals surface area contributed by atoms with Crippen LogP contribution in [0.4, 0.5) is 0 Å². The van der Waals surface area contributed by atoms with E-state index < -0.39 is 0 Å². The van der Waals surface area contributed by atoms with Crippen molar-refractivity contribution in [3.8, 4) is 0 Å². The minimum atomic E-state index is -0.0496. The van der Waals surface area contributed by atoms with E-state index in [0.29, 0.717) is 23.4 Å². The Labute approximate surface area is 94.8 Å². The molecular formula is C11H17N3O2. The number of aryl methyl sites for hydroxylation is 2. The predicted octanol–water partition coefficient (Wildman–Crippen LogP) is 0.725. The Hall–Kier alpha value is -1.36. The molecule has 1 N–H and O–H groups in total. The molecule has 1 saturated heterocycles. The molecule has 1 fully saturated rings. The number of carbonyl (C=O) groups is 1. The maximum absolute atomic E-state index is 12.1. The third kappa shape index (κ3) is 2.09. The number of piperazine rings is 1. The summed E-state index contributed by atoms with van der Waals surface area (Å²) in [7, 11) is 0. The monoisotopic (exact) mass is 223 g/mol. The molecule has 0 aliphatic carbocycles. The van der Waals surface area contributed by atoms with Crippen LogP contribution in [0.15, 0.2) is 4.42 Å². The Morgan fingerprint density at radius 2 is 2.31 bits per heavy atom. The first-order valence-corrected chi connectivity index (χ1v) is 5.54. The molecular weight excluding hydrogens is 206 g/mol. The van der Waals surface area contributed by atoms with Crippen molar-refractivity contribution in [3.63, 3.8) is 0 Å². The van der Waals surface area contributed by atoms with E-state index in [1.54, 1.807) is 13.8 Å². The van der Waals surface area contributed by atoms with E-state index in [1.165, 1.54) is 0 Å². The Bertz CT molecular complexity index is 400. The van der Waals surface area contributed by atoms with Gasteiger partial charge in [0.15, 0.2) is 5.89 Å². The van der Waals surface area contributed by atoms with Gasteiger partial charge in [-0.05, 0) is 13.8 Å². The number of nitrogens with zero attached hydrogens (tertiary/aromatic N) is 2. The van der Waals surface area contributed by atoms with E-state index in [1.807, 2.05) is 4.90 Å². The van der Waals surface area contributed by atoms with Crippen LogP contribution in [0.1, 0.15) is 29.1 Å². The number of carbonyl (C=O) groups excluding carboxylic acids is 1. The molecule has 0 aromatic carbocycles. The largest absolute Gasteiger partial charge is 0.436 e. The van der Waals surface area contributed by atoms with Gasteiger partial charge in [0.1, 0.15) is 0 Å². The SMILES string of the molecule is Cc1nc(C)c(C(=O)N2CCN[C@@H](C)C2)o1. The third-order valence-corrected chi connectivity index (χ3v) is 2.75. The van der Waals surface area contributed by atoms with Crippen LogP contribution in [0.5, 0.6) is 0 Å². The number of amides is 1. The molecule has 0 bridgehead atoms. The topological polar surface area (TPSA) is 58.4 Å². The summed E-state index contributed by atoms with van der Waals surface area (Å²) in [6.07, 6.45) is 0. The fourth-order valence-corrected chi connectivity index (χ4v) is 1.99. The van der Waals surface area contributed by atoms with Crippen LogP contribution in [0.2, 0.25) is 0 Å². The number of hydrogen-bond donors (Lipinski definition) is 1. The smallest absolute Gasteiger partial charge is 0.291 e. The molecule has 1 aliphatic rings. The summed E-state index contributed by atoms with van der Waals surface area (Å²) in [5.74, 6) is 0.877. The molecule has 1 atom stereocenters. The van der Waals surface area contributed by atoms with Gasteiger partial charge in [-0.25, -0.2) is 4.98 Å². The quantitative estimate of drug-likeness (QED) is 0.762. The van der Waals surface area contributed by atoms with E-state index in [2.05, 4.69) is 17.2 Å². The normalized spacial score (nSPS) is 21.2. The Morgan fingerprint density at radius 3 is 2.88 bits per heavy atom. The van der Waals surface area contributed by atoms with Crippen molar-refractivity contribution in [3.05, 3.63) is 17.3 Å². The van der Waals surface area contributed by atoms with Gasteiger partial charge in [0.25, 0.3) is 5.91 Å². The second-order valence-electron chi connectivity index (χ2n) is 4.25. The van der Waals surface area contributed by atoms with Gasteiger partial charge in [0, 0.05) is 32.6 Å². The lowest BCUT2D eigenvalue weighted by Crippen LogP contribution is -2.51. The highest BCUT2D eigenvalue weighted by Gasteiger charge is 2.25. The van der Waals surface area contributed by atoms with Crippen molar-refractivity contribution in [1.82, 2.24) is 15.2 Å². The van der Waals surface area contributed by atoms with Gasteiger partial charge in [-0.3, -0.25) is 4.79 Å². The summed E-state index contributed by atoms with van der Waals surface area (Å²) in [6.45, 7) is 7.90. The van der Waals surface area contributed by atoms with Crippen molar-refractivity contribution >= 4 is 5.91 Å². The van der Waals surface area contributed by atoms with Crippen LogP contribution in [0.25, 0.3) is 0 Å². The second kappa shape index (κ2) is 4.25. The Kier molecular flexibility index (Phi) is 2.96. The molecule has 1 aromatic heterocycles. The molecule has 5 nitrogen and oxygen atoms in total. The highest BCUT2D eigenvalue weighted by Crippen LogP contribution is 2.13. The van der Waals surface area contributed by atoms with Gasteiger partial charge in [-0.1, -0.05) is 0 Å². The molecule has 0 unspecified atom stereocenters. The first-order valence-electron chi connectivity index (χ1n) is 5.54. The van der Waals surface area contributed by atoms with Crippen LogP contribution < -0.4 is 5.32 Å². The minimum Gasteiger partial charge on any atom is -0.436 e. The fraction of sp³-hybridized carbons (Fsp3) is 0.636. The minimum absolute atomic E-state index is 0.0496. The van der Waals surface area contributed by atoms with E-state index >= 15 is 0 Å². The number of hydrogen-bond acceptors (Lipinski definition) is 4. The molecule has 2 rings (SSSR count). The lowest BCUT2D eigenvalue weighted by atomic mass is 10.2. The van der Waals surface area contributed by atoms with Gasteiger partial charge < -0.3 is 14.6 Å². The fourth-order valence-electron chi connectivity index (χ4n) is 1.99. The first kappa shape index (κ1) is 11.1. The molecule has 5 heteroatoms. The van der Waals surface area contributed by atoms with Gasteiger partial charge in [-0.2, -0.15) is 0 Å². The first-order chi connectivity index (χ1) is 7.58. The third-order valence-electron chi connectivity index (χ3n) is 2.75. The lowest BCUT2D eigenvalue weighted by molar-refractivity contribution is 0.0674. The molecule has 0 saturated carbocycles. The van der Waals surface area contributed by atoms with Gasteiger partial charge in [-0.15, -0.1) is 0 Å². The van der Waals surface area contributed by atoms with Crippen molar-refractivity contribution in [2.24, 2.45) is 0 Å². The lowest BCUT2D eigenvalue weighted by Gasteiger charge is -2.31. The van der Waals surface area contributed by atoms with Crippen molar-refractivity contribution in [2.75, 3.05) is 19.6 Å². The van der Waals surface area contributed by atoms with Crippen LogP contribution >= 0.6 is 0 Å². The average molecular weight is 223 g/mol. The predicted molar refractivity (Wildman–Crippen MR) is 59.3 cm³/mol. The van der Waals surface area contributed by atoms with E-state index in [-0.39, 0.29) is 5.91 Å². The van der Waals surface area contributed by atoms with Gasteiger partial charge in [0.05, 0.1) is 5.69 Å². The number of nitrogens with one attached hydrogen (secondary N) is 1. The zero-order valence-electron chi connectivity index (χ0n) is 9.91. The molecule has 1 aliphatic heterocycles. The number of oxazole rings is 1. The summed E-state index contributed by atoms with van der Waals surface area (Å²) in [5.41, 5.74) is 0.675. The van der Waals surface area contributed by atoms with Gasteiger partial charge in [0.2, 0.25) is 5.76 Å². The summed E-state index contributed by atoms with van der Waals surface area (Å²) in [4.78, 5) is 18.1. The summed E-state index contributed by atoms with van der Waals surface area (Å²) >= 11 is 0. The zero-order chi connectivity index (χ0) is 11.7. The molecule has 1 amide bonds. The summed E-state index contributed by atoms with van der Waals surface area (Å²) in [6, 6.07) is 0.335. The molecule has 0 radical (unpaired) electrons. The number of rotatable bonds is 1. The molecule has 2 heterocycles. The maximum Gasteiger partial charge on any atom is 0.291 e. The molecule has 88 valence electrons. The van der Waals surface area contributed by atoms with Crippen molar-refractivity contribution in [1.29, 1.82) is 0 Å². The highest BCUT2D eigenvalue weighted by atomic mass is 16.4. The summed E-state index contributed by atoms with van der Waals surface area (Å²) < 4.78 is 5.34. The van der Waals surface area contributed by atoms with Crippen LogP contribution in [0.3, 0.4) is 0 Å². The average Bonchev–Trinajstić information content (AvgIpc) is 2.57. The summed E-state index contributed by atoms with van der Waals surface area (Å²) in [5, 5.41) is 3.30. The maximum atomic E-state index is 12.1. The highest BCUT2D eigenvalue weighted by molar-refractivity contribution is 5.92. The van der Waals surface area contributed by atoms with Crippen LogP contribution in [-0.4, -0.2) is 41.5 Å². The van der Waals surface area contributed by atoms with E-state index in [4.69, 9.17) is 4.42 Å². The second-order valence-corrected chi connectivity index (χ2v) is 4.25. The Balaban J connectivity index is 2.15. The standard InChI is InChI=1S/C11H17N3O2/c1-7-6-14(5-4-12-7)11(15)10-8(2)13-9(3)16-10/h7,12H,4-6H2,1-3H3/t7-/m0/s1.